The Morgan fingerprint density at radius 3 is 2.33 bits per heavy atom. The molecule has 1 heterocycles. The van der Waals surface area contributed by atoms with Crippen LogP contribution in [0.1, 0.15) is 11.5 Å². The van der Waals surface area contributed by atoms with Crippen LogP contribution >= 0.6 is 12.4 Å². The van der Waals surface area contributed by atoms with Crippen molar-refractivity contribution in [3.05, 3.63) is 35.9 Å². The Hall–Kier alpha value is -1.14. The van der Waals surface area contributed by atoms with Crippen LogP contribution in [0.3, 0.4) is 0 Å². The highest BCUT2D eigenvalue weighted by atomic mass is 35.5. The Balaban J connectivity index is 0.00000220. The molecule has 2 rings (SSSR count). The fraction of sp³-hybridized carbons (Fsp3) is 0.533. The average molecular weight is 314 g/mol. The molecule has 0 radical (unpaired) electrons. The van der Waals surface area contributed by atoms with Crippen LogP contribution in [-0.4, -0.2) is 66.7 Å². The van der Waals surface area contributed by atoms with Gasteiger partial charge in [0.15, 0.2) is 0 Å². The lowest BCUT2D eigenvalue weighted by Gasteiger charge is -2.36. The van der Waals surface area contributed by atoms with E-state index in [1.54, 1.807) is 0 Å². The first-order valence-corrected chi connectivity index (χ1v) is 7.13. The highest BCUT2D eigenvalue weighted by Crippen LogP contribution is 2.18. The third kappa shape index (κ3) is 4.68. The summed E-state index contributed by atoms with van der Waals surface area (Å²) in [5, 5.41) is 8.93. The van der Waals surface area contributed by atoms with Gasteiger partial charge in [-0.1, -0.05) is 30.3 Å². The Kier molecular flexibility index (Phi) is 7.67. The van der Waals surface area contributed by atoms with E-state index in [0.29, 0.717) is 26.2 Å². The van der Waals surface area contributed by atoms with Gasteiger partial charge in [0.25, 0.3) is 0 Å². The minimum Gasteiger partial charge on any atom is -0.395 e. The number of halogens is 1. The number of nitrogens with zero attached hydrogens (tertiary/aromatic N) is 2. The van der Waals surface area contributed by atoms with Gasteiger partial charge in [0.2, 0.25) is 5.91 Å². The molecule has 118 valence electrons. The lowest BCUT2D eigenvalue weighted by molar-refractivity contribution is -0.134. The molecule has 1 aromatic rings. The van der Waals surface area contributed by atoms with Gasteiger partial charge in [-0.2, -0.15) is 0 Å². The molecule has 3 N–H and O–H groups in total. The lowest BCUT2D eigenvalue weighted by atomic mass is 9.97. The van der Waals surface area contributed by atoms with Crippen molar-refractivity contribution in [3.63, 3.8) is 0 Å². The molecule has 5 nitrogen and oxygen atoms in total. The third-order valence-corrected chi connectivity index (χ3v) is 3.84. The molecule has 0 aliphatic carbocycles. The predicted octanol–water partition coefficient (Wildman–Crippen LogP) is 0.287. The molecular weight excluding hydrogens is 290 g/mol. The number of nitrogens with two attached hydrogens (primary N) is 1. The summed E-state index contributed by atoms with van der Waals surface area (Å²) >= 11 is 0. The molecule has 1 unspecified atom stereocenters. The number of hydrogen-bond acceptors (Lipinski definition) is 4. The van der Waals surface area contributed by atoms with Gasteiger partial charge in [0, 0.05) is 39.3 Å². The van der Waals surface area contributed by atoms with E-state index in [9.17, 15) is 4.79 Å². The van der Waals surface area contributed by atoms with E-state index in [2.05, 4.69) is 4.90 Å². The SMILES string of the molecule is Cl.NCC(C(=O)N1CCN(CCO)CC1)c1ccccc1. The van der Waals surface area contributed by atoms with Gasteiger partial charge in [-0.05, 0) is 5.56 Å². The van der Waals surface area contributed by atoms with Gasteiger partial charge >= 0.3 is 0 Å². The Morgan fingerprint density at radius 1 is 1.19 bits per heavy atom. The first-order valence-electron chi connectivity index (χ1n) is 7.13. The van der Waals surface area contributed by atoms with Crippen molar-refractivity contribution < 1.29 is 9.90 Å². The molecule has 1 atom stereocenters. The first-order chi connectivity index (χ1) is 9.76. The van der Waals surface area contributed by atoms with Gasteiger partial charge in [-0.3, -0.25) is 9.69 Å². The number of rotatable bonds is 5. The number of β-amino-alcohol motifs (C(OH)–C–C–N with tert-alkyl or cyclic N) is 1. The second kappa shape index (κ2) is 9.00. The first kappa shape index (κ1) is 17.9. The fourth-order valence-electron chi connectivity index (χ4n) is 2.62. The number of benzene rings is 1. The molecule has 6 heteroatoms. The molecule has 0 bridgehead atoms. The van der Waals surface area contributed by atoms with Crippen molar-refractivity contribution >= 4 is 18.3 Å². The van der Waals surface area contributed by atoms with E-state index in [4.69, 9.17) is 10.8 Å². The Morgan fingerprint density at radius 2 is 1.81 bits per heavy atom. The molecule has 21 heavy (non-hydrogen) atoms. The highest BCUT2D eigenvalue weighted by Gasteiger charge is 2.27. The zero-order valence-corrected chi connectivity index (χ0v) is 13.0. The van der Waals surface area contributed by atoms with E-state index in [1.165, 1.54) is 0 Å². The van der Waals surface area contributed by atoms with Crippen molar-refractivity contribution in [2.75, 3.05) is 45.9 Å². The number of carbonyl (C=O) groups is 1. The predicted molar refractivity (Wildman–Crippen MR) is 85.6 cm³/mol. The average Bonchev–Trinajstić information content (AvgIpc) is 2.50. The maximum atomic E-state index is 12.6. The Bertz CT molecular complexity index is 422. The summed E-state index contributed by atoms with van der Waals surface area (Å²) in [6, 6.07) is 9.72. The second-order valence-electron chi connectivity index (χ2n) is 5.09. The minimum atomic E-state index is -0.249. The Labute approximate surface area is 132 Å². The van der Waals surface area contributed by atoms with Crippen LogP contribution in [0.25, 0.3) is 0 Å². The van der Waals surface area contributed by atoms with Crippen molar-refractivity contribution in [1.29, 1.82) is 0 Å². The molecule has 1 saturated heterocycles. The fourth-order valence-corrected chi connectivity index (χ4v) is 2.62. The number of carbonyl (C=O) groups excluding carboxylic acids is 1. The molecule has 1 aliphatic heterocycles. The van der Waals surface area contributed by atoms with Crippen molar-refractivity contribution in [1.82, 2.24) is 9.80 Å². The maximum absolute atomic E-state index is 12.6. The molecular formula is C15H24ClN3O2. The van der Waals surface area contributed by atoms with Crippen LogP contribution in [0, 0.1) is 0 Å². The summed E-state index contributed by atoms with van der Waals surface area (Å²) in [7, 11) is 0. The van der Waals surface area contributed by atoms with E-state index >= 15 is 0 Å². The number of aliphatic hydroxyl groups is 1. The number of amides is 1. The molecule has 1 aromatic carbocycles. The van der Waals surface area contributed by atoms with Crippen molar-refractivity contribution in [3.8, 4) is 0 Å². The summed E-state index contributed by atoms with van der Waals surface area (Å²) in [6.45, 7) is 4.24. The van der Waals surface area contributed by atoms with Crippen LogP contribution in [0.5, 0.6) is 0 Å². The largest absolute Gasteiger partial charge is 0.395 e. The zero-order chi connectivity index (χ0) is 14.4. The van der Waals surface area contributed by atoms with Crippen LogP contribution in [0.2, 0.25) is 0 Å². The summed E-state index contributed by atoms with van der Waals surface area (Å²) in [4.78, 5) is 16.6. The summed E-state index contributed by atoms with van der Waals surface area (Å²) < 4.78 is 0. The summed E-state index contributed by atoms with van der Waals surface area (Å²) in [5.41, 5.74) is 6.78. The van der Waals surface area contributed by atoms with Crippen molar-refractivity contribution in [2.24, 2.45) is 5.73 Å². The molecule has 1 aliphatic rings. The van der Waals surface area contributed by atoms with E-state index in [1.807, 2.05) is 35.2 Å². The van der Waals surface area contributed by atoms with Gasteiger partial charge in [-0.15, -0.1) is 12.4 Å². The monoisotopic (exact) mass is 313 g/mol. The number of aliphatic hydroxyl groups excluding tert-OH is 1. The van der Waals surface area contributed by atoms with Gasteiger partial charge in [-0.25, -0.2) is 0 Å². The highest BCUT2D eigenvalue weighted by molar-refractivity contribution is 5.85. The van der Waals surface area contributed by atoms with Crippen LogP contribution in [0.4, 0.5) is 0 Å². The molecule has 1 fully saturated rings. The van der Waals surface area contributed by atoms with Gasteiger partial charge < -0.3 is 15.7 Å². The third-order valence-electron chi connectivity index (χ3n) is 3.84. The van der Waals surface area contributed by atoms with Gasteiger partial charge in [0.1, 0.15) is 0 Å². The van der Waals surface area contributed by atoms with E-state index in [0.717, 1.165) is 18.7 Å². The molecule has 0 aromatic heterocycles. The smallest absolute Gasteiger partial charge is 0.231 e. The molecule has 1 amide bonds. The number of piperazine rings is 1. The maximum Gasteiger partial charge on any atom is 0.231 e. The van der Waals surface area contributed by atoms with E-state index in [-0.39, 0.29) is 30.8 Å². The normalized spacial score (nSPS) is 17.1. The lowest BCUT2D eigenvalue weighted by Crippen LogP contribution is -2.51. The van der Waals surface area contributed by atoms with Crippen LogP contribution in [0.15, 0.2) is 30.3 Å². The second-order valence-corrected chi connectivity index (χ2v) is 5.09. The summed E-state index contributed by atoms with van der Waals surface area (Å²) in [5.74, 6) is -0.136. The molecule has 0 saturated carbocycles. The molecule has 0 spiro atoms. The quantitative estimate of drug-likeness (QED) is 0.819. The standard InChI is InChI=1S/C15H23N3O2.ClH/c16-12-14(13-4-2-1-3-5-13)15(20)18-8-6-17(7-9-18)10-11-19;/h1-5,14,19H,6-12,16H2;1H. The topological polar surface area (TPSA) is 69.8 Å². The van der Waals surface area contributed by atoms with Gasteiger partial charge in [0.05, 0.1) is 12.5 Å². The summed E-state index contributed by atoms with van der Waals surface area (Å²) in [6.07, 6.45) is 0. The number of hydrogen-bond donors (Lipinski definition) is 2. The van der Waals surface area contributed by atoms with Crippen LogP contribution < -0.4 is 5.73 Å². The van der Waals surface area contributed by atoms with E-state index < -0.39 is 0 Å². The van der Waals surface area contributed by atoms with Crippen LogP contribution in [-0.2, 0) is 4.79 Å². The minimum absolute atomic E-state index is 0. The zero-order valence-electron chi connectivity index (χ0n) is 12.1. The van der Waals surface area contributed by atoms with Crippen molar-refractivity contribution in [2.45, 2.75) is 5.92 Å².